The summed E-state index contributed by atoms with van der Waals surface area (Å²) in [7, 11) is 0. The van der Waals surface area contributed by atoms with Gasteiger partial charge < -0.3 is 41.1 Å². The fourth-order valence-corrected chi connectivity index (χ4v) is 6.52. The number of carboxylic acids is 2. The van der Waals surface area contributed by atoms with Crippen LogP contribution in [0.5, 0.6) is 17.2 Å². The van der Waals surface area contributed by atoms with Gasteiger partial charge in [-0.2, -0.15) is 0 Å². The van der Waals surface area contributed by atoms with E-state index < -0.39 is 59.1 Å². The summed E-state index contributed by atoms with van der Waals surface area (Å²) < 4.78 is 0. The van der Waals surface area contributed by atoms with Gasteiger partial charge in [0.1, 0.15) is 29.7 Å². The van der Waals surface area contributed by atoms with Gasteiger partial charge in [0, 0.05) is 45.6 Å². The minimum Gasteiger partial charge on any atom is -0.511 e. The van der Waals surface area contributed by atoms with E-state index >= 15 is 0 Å². The maximum atomic E-state index is 13.6. The van der Waals surface area contributed by atoms with Crippen LogP contribution in [0.25, 0.3) is 16.3 Å². The molecule has 4 atom stereocenters. The number of aryl methyl sites for hydroxylation is 1. The van der Waals surface area contributed by atoms with E-state index in [1.807, 2.05) is 0 Å². The standard InChI is InChI=1S/C36H42N2O10.2Na/c1-13(2)23-19-9-15(5)25(31(41)27(19)21(29(39)33(23)43)11-37-17(7)35(45)46)26-16(6)10-20-24(14(3)4)34(44)30(40)22(28(20)32(26)42)12-38-18(8)36(47)48;;/h9-14,17-18,27,33,37,40-44H,1-8H3,(H,45,46)(H,47,48);;/q;2*+1/b21-11-,38-12?;;/t17-,18+,27?,33?;;/m1../s1. The Kier molecular flexibility index (Phi) is 14.2. The van der Waals surface area contributed by atoms with Crippen LogP contribution in [0.4, 0.5) is 0 Å². The number of aliphatic imine (C=N–C) groups is 1. The summed E-state index contributed by atoms with van der Waals surface area (Å²) in [6.07, 6.45) is 2.45. The van der Waals surface area contributed by atoms with Gasteiger partial charge in [-0.05, 0) is 67.2 Å². The minimum absolute atomic E-state index is 0. The quantitative estimate of drug-likeness (QED) is 0.0683. The van der Waals surface area contributed by atoms with E-state index in [1.165, 1.54) is 20.0 Å². The van der Waals surface area contributed by atoms with Crippen LogP contribution >= 0.6 is 0 Å². The maximum Gasteiger partial charge on any atom is 1.00 e. The van der Waals surface area contributed by atoms with Crippen molar-refractivity contribution in [1.82, 2.24) is 5.32 Å². The number of carboxylic acid groups (broad SMARTS) is 2. The van der Waals surface area contributed by atoms with Gasteiger partial charge in [-0.1, -0.05) is 39.8 Å². The molecule has 0 bridgehead atoms. The molecule has 2 unspecified atom stereocenters. The van der Waals surface area contributed by atoms with Crippen LogP contribution in [-0.2, 0) is 14.4 Å². The largest absolute Gasteiger partial charge is 1.00 e. The van der Waals surface area contributed by atoms with Crippen LogP contribution in [0.15, 0.2) is 51.4 Å². The van der Waals surface area contributed by atoms with Crippen LogP contribution < -0.4 is 64.4 Å². The van der Waals surface area contributed by atoms with Crippen LogP contribution in [0.2, 0.25) is 0 Å². The normalized spacial score (nSPS) is 19.8. The molecule has 256 valence electrons. The predicted octanol–water partition coefficient (Wildman–Crippen LogP) is -1.02. The van der Waals surface area contributed by atoms with Gasteiger partial charge >= 0.3 is 71.1 Å². The first kappa shape index (κ1) is 43.1. The number of aliphatic hydroxyl groups excluding tert-OH is 2. The fraction of sp³-hybridized carbons (Fsp3) is 0.389. The van der Waals surface area contributed by atoms with Crippen molar-refractivity contribution in [3.05, 3.63) is 68.6 Å². The van der Waals surface area contributed by atoms with Crippen molar-refractivity contribution in [2.24, 2.45) is 16.8 Å². The maximum absolute atomic E-state index is 13.6. The number of carbonyl (C=O) groups excluding carboxylic acids is 1. The average Bonchev–Trinajstić information content (AvgIpc) is 2.98. The first-order valence-electron chi connectivity index (χ1n) is 15.6. The summed E-state index contributed by atoms with van der Waals surface area (Å²) >= 11 is 0. The van der Waals surface area contributed by atoms with E-state index in [1.54, 1.807) is 53.7 Å². The number of aliphatic hydroxyl groups is 2. The molecule has 0 amide bonds. The van der Waals surface area contributed by atoms with Gasteiger partial charge in [0.05, 0.1) is 5.92 Å². The number of ketones is 1. The van der Waals surface area contributed by atoms with Crippen LogP contribution in [0.1, 0.15) is 76.6 Å². The second kappa shape index (κ2) is 16.5. The van der Waals surface area contributed by atoms with Crippen molar-refractivity contribution in [2.45, 2.75) is 79.5 Å². The predicted molar refractivity (Wildman–Crippen MR) is 180 cm³/mol. The molecular formula is C36H42N2Na2O10+2. The smallest absolute Gasteiger partial charge is 0.511 e. The number of hydrogen-bond donors (Lipinski definition) is 8. The summed E-state index contributed by atoms with van der Waals surface area (Å²) in [5.74, 6) is -6.69. The molecule has 0 aliphatic heterocycles. The minimum atomic E-state index is -1.53. The van der Waals surface area contributed by atoms with E-state index in [9.17, 15) is 50.1 Å². The molecule has 4 rings (SSSR count). The summed E-state index contributed by atoms with van der Waals surface area (Å²) in [4.78, 5) is 40.6. The number of Topliss-reactive ketones (excluding diaryl/α,β-unsaturated/α-hetero) is 1. The number of nitrogens with one attached hydrogen (secondary N) is 1. The van der Waals surface area contributed by atoms with Crippen LogP contribution in [0, 0.1) is 18.8 Å². The zero-order valence-electron chi connectivity index (χ0n) is 30.1. The molecule has 2 aromatic rings. The fourth-order valence-electron chi connectivity index (χ4n) is 6.52. The number of aromatic hydroxyl groups is 3. The number of fused-ring (bicyclic) bond motifs is 2. The second-order valence-electron chi connectivity index (χ2n) is 13.0. The zero-order valence-corrected chi connectivity index (χ0v) is 34.1. The van der Waals surface area contributed by atoms with Gasteiger partial charge in [0.15, 0.2) is 17.3 Å². The third-order valence-corrected chi connectivity index (χ3v) is 8.96. The van der Waals surface area contributed by atoms with Crippen molar-refractivity contribution < 1.29 is 109 Å². The van der Waals surface area contributed by atoms with Gasteiger partial charge in [-0.3, -0.25) is 14.6 Å². The van der Waals surface area contributed by atoms with Crippen molar-refractivity contribution in [1.29, 1.82) is 0 Å². The Morgan fingerprint density at radius 2 is 1.50 bits per heavy atom. The van der Waals surface area contributed by atoms with Crippen molar-refractivity contribution in [3.8, 4) is 17.2 Å². The molecular weight excluding hydrogens is 666 g/mol. The van der Waals surface area contributed by atoms with Gasteiger partial charge in [0.2, 0.25) is 0 Å². The molecule has 0 saturated carbocycles. The van der Waals surface area contributed by atoms with E-state index in [2.05, 4.69) is 10.3 Å². The summed E-state index contributed by atoms with van der Waals surface area (Å²) in [5, 5.41) is 79.3. The molecule has 0 aromatic heterocycles. The Labute approximate surface area is 334 Å². The number of phenolic OH excluding ortho intramolecular Hbond substituents is 3. The molecule has 2 aliphatic rings. The number of carbonyl (C=O) groups is 3. The SMILES string of the molecule is CC1=CC2=C(C(C)C)C(O)C(=O)/C(=C\N[C@H](C)C(=O)O)C2C(O)=C1c1c(C)cc2c(C(C)C)c(O)c(O)c(C=N[C@@H](C)C(=O)O)c2c1O.[Na+].[Na+]. The summed E-state index contributed by atoms with van der Waals surface area (Å²) in [6.45, 7) is 13.3. The Morgan fingerprint density at radius 3 is 2.02 bits per heavy atom. The van der Waals surface area contributed by atoms with Gasteiger partial charge in [-0.15, -0.1) is 0 Å². The Morgan fingerprint density at radius 1 is 0.900 bits per heavy atom. The number of rotatable bonds is 9. The Bertz CT molecular complexity index is 1910. The van der Waals surface area contributed by atoms with Crippen molar-refractivity contribution in [2.75, 3.05) is 0 Å². The summed E-state index contributed by atoms with van der Waals surface area (Å²) in [6, 6.07) is -0.628. The molecule has 14 heteroatoms. The number of nitrogens with zero attached hydrogens (tertiary/aromatic N) is 1. The van der Waals surface area contributed by atoms with E-state index in [0.29, 0.717) is 33.2 Å². The molecule has 8 N–H and O–H groups in total. The Hall–Kier alpha value is -3.10. The van der Waals surface area contributed by atoms with Gasteiger partial charge in [0.25, 0.3) is 0 Å². The molecule has 0 heterocycles. The van der Waals surface area contributed by atoms with E-state index in [4.69, 9.17) is 0 Å². The molecule has 12 nitrogen and oxygen atoms in total. The van der Waals surface area contributed by atoms with Gasteiger partial charge in [-0.25, -0.2) is 4.79 Å². The monoisotopic (exact) mass is 708 g/mol. The molecule has 2 aliphatic carbocycles. The number of allylic oxidation sites excluding steroid dienone is 4. The third kappa shape index (κ3) is 7.57. The van der Waals surface area contributed by atoms with Crippen LogP contribution in [-0.4, -0.2) is 77.9 Å². The molecule has 0 spiro atoms. The Balaban J connectivity index is 0.00000433. The number of phenols is 3. The van der Waals surface area contributed by atoms with Crippen LogP contribution in [0.3, 0.4) is 0 Å². The average molecular weight is 709 g/mol. The number of aliphatic carboxylic acids is 2. The van der Waals surface area contributed by atoms with Crippen molar-refractivity contribution in [3.63, 3.8) is 0 Å². The van der Waals surface area contributed by atoms with Crippen molar-refractivity contribution >= 4 is 40.3 Å². The number of benzene rings is 2. The zero-order chi connectivity index (χ0) is 36.1. The summed E-state index contributed by atoms with van der Waals surface area (Å²) in [5.41, 5.74) is 2.21. The second-order valence-corrected chi connectivity index (χ2v) is 13.0. The first-order valence-corrected chi connectivity index (χ1v) is 15.6. The molecule has 50 heavy (non-hydrogen) atoms. The molecule has 0 fully saturated rings. The van der Waals surface area contributed by atoms with E-state index in [0.717, 1.165) is 6.21 Å². The first-order chi connectivity index (χ1) is 22.3. The molecule has 0 radical (unpaired) electrons. The number of hydrogen-bond acceptors (Lipinski definition) is 10. The molecule has 2 aromatic carbocycles. The molecule has 0 saturated heterocycles. The van der Waals surface area contributed by atoms with E-state index in [-0.39, 0.29) is 104 Å². The topological polar surface area (TPSA) is 217 Å². The third-order valence-electron chi connectivity index (χ3n) is 8.96.